The first kappa shape index (κ1) is 14.3. The number of nitrogens with zero attached hydrogens (tertiary/aromatic N) is 2. The molecule has 0 radical (unpaired) electrons. The maximum atomic E-state index is 12.7. The van der Waals surface area contributed by atoms with Gasteiger partial charge in [0.2, 0.25) is 0 Å². The van der Waals surface area contributed by atoms with E-state index in [2.05, 4.69) is 11.9 Å². The Labute approximate surface area is 120 Å². The summed E-state index contributed by atoms with van der Waals surface area (Å²) in [4.78, 5) is 18.7. The van der Waals surface area contributed by atoms with Gasteiger partial charge in [0, 0.05) is 18.4 Å². The van der Waals surface area contributed by atoms with Gasteiger partial charge in [0.05, 0.1) is 0 Å². The van der Waals surface area contributed by atoms with Crippen molar-refractivity contribution in [2.24, 2.45) is 0 Å². The second-order valence-electron chi connectivity index (χ2n) is 4.81. The van der Waals surface area contributed by atoms with Crippen molar-refractivity contribution in [3.8, 4) is 0 Å². The van der Waals surface area contributed by atoms with E-state index in [-0.39, 0.29) is 5.91 Å². The second-order valence-corrected chi connectivity index (χ2v) is 4.81. The van der Waals surface area contributed by atoms with Gasteiger partial charge in [-0.3, -0.25) is 9.78 Å². The first-order valence-electron chi connectivity index (χ1n) is 7.02. The largest absolute Gasteiger partial charge is 0.307 e. The van der Waals surface area contributed by atoms with Gasteiger partial charge in [0.25, 0.3) is 5.91 Å². The minimum Gasteiger partial charge on any atom is -0.307 e. The minimum atomic E-state index is -0.0339. The molecule has 0 spiro atoms. The predicted molar refractivity (Wildman–Crippen MR) is 82.0 cm³/mol. The lowest BCUT2D eigenvalue weighted by atomic mass is 10.1. The van der Waals surface area contributed by atoms with Gasteiger partial charge in [-0.25, -0.2) is 0 Å². The smallest absolute Gasteiger partial charge is 0.276 e. The standard InChI is InChI=1S/C17H20N2O/c1-3-4-13-19(16-11-6-5-9-14(16)2)17(20)15-10-7-8-12-18-15/h5-12H,3-4,13H2,1-2H3. The van der Waals surface area contributed by atoms with Crippen LogP contribution in [0.25, 0.3) is 0 Å². The number of aromatic nitrogens is 1. The van der Waals surface area contributed by atoms with Crippen LogP contribution in [0.3, 0.4) is 0 Å². The third-order valence-corrected chi connectivity index (χ3v) is 3.27. The molecule has 3 nitrogen and oxygen atoms in total. The molecule has 0 unspecified atom stereocenters. The van der Waals surface area contributed by atoms with Crippen LogP contribution in [0.2, 0.25) is 0 Å². The quantitative estimate of drug-likeness (QED) is 0.825. The summed E-state index contributed by atoms with van der Waals surface area (Å²) in [7, 11) is 0. The van der Waals surface area contributed by atoms with Crippen molar-refractivity contribution in [2.75, 3.05) is 11.4 Å². The van der Waals surface area contributed by atoms with E-state index >= 15 is 0 Å². The summed E-state index contributed by atoms with van der Waals surface area (Å²) >= 11 is 0. The molecule has 0 saturated heterocycles. The number of unbranched alkanes of at least 4 members (excludes halogenated alkanes) is 1. The molecule has 3 heteroatoms. The van der Waals surface area contributed by atoms with Gasteiger partial charge in [0.1, 0.15) is 5.69 Å². The lowest BCUT2D eigenvalue weighted by Gasteiger charge is -2.24. The average molecular weight is 268 g/mol. The Bertz CT molecular complexity index is 566. The molecule has 2 aromatic rings. The van der Waals surface area contributed by atoms with E-state index < -0.39 is 0 Å². The number of anilines is 1. The highest BCUT2D eigenvalue weighted by molar-refractivity contribution is 6.05. The van der Waals surface area contributed by atoms with Gasteiger partial charge < -0.3 is 4.90 Å². The van der Waals surface area contributed by atoms with E-state index in [1.165, 1.54) is 0 Å². The van der Waals surface area contributed by atoms with Crippen LogP contribution in [0.4, 0.5) is 5.69 Å². The molecule has 0 aliphatic carbocycles. The van der Waals surface area contributed by atoms with E-state index in [9.17, 15) is 4.79 Å². The number of carbonyl (C=O) groups is 1. The summed E-state index contributed by atoms with van der Waals surface area (Å²) in [5.41, 5.74) is 2.57. The van der Waals surface area contributed by atoms with E-state index in [1.54, 1.807) is 12.3 Å². The van der Waals surface area contributed by atoms with Crippen molar-refractivity contribution in [3.63, 3.8) is 0 Å². The van der Waals surface area contributed by atoms with E-state index in [0.29, 0.717) is 5.69 Å². The zero-order chi connectivity index (χ0) is 14.4. The van der Waals surface area contributed by atoms with Crippen LogP contribution in [0.15, 0.2) is 48.7 Å². The number of hydrogen-bond acceptors (Lipinski definition) is 2. The first-order chi connectivity index (χ1) is 9.74. The van der Waals surface area contributed by atoms with Crippen LogP contribution in [-0.2, 0) is 0 Å². The molecular formula is C17H20N2O. The molecule has 0 saturated carbocycles. The Morgan fingerprint density at radius 2 is 1.90 bits per heavy atom. The Morgan fingerprint density at radius 1 is 1.15 bits per heavy atom. The highest BCUT2D eigenvalue weighted by Crippen LogP contribution is 2.21. The summed E-state index contributed by atoms with van der Waals surface area (Å²) in [6.45, 7) is 4.87. The molecule has 1 amide bonds. The Morgan fingerprint density at radius 3 is 2.55 bits per heavy atom. The molecular weight excluding hydrogens is 248 g/mol. The topological polar surface area (TPSA) is 33.2 Å². The fourth-order valence-electron chi connectivity index (χ4n) is 2.14. The maximum Gasteiger partial charge on any atom is 0.276 e. The first-order valence-corrected chi connectivity index (χ1v) is 7.02. The summed E-state index contributed by atoms with van der Waals surface area (Å²) in [6.07, 6.45) is 3.69. The van der Waals surface area contributed by atoms with Crippen molar-refractivity contribution in [1.29, 1.82) is 0 Å². The van der Waals surface area contributed by atoms with E-state index in [0.717, 1.165) is 30.6 Å². The number of pyridine rings is 1. The van der Waals surface area contributed by atoms with Crippen molar-refractivity contribution >= 4 is 11.6 Å². The molecule has 0 bridgehead atoms. The van der Waals surface area contributed by atoms with Crippen LogP contribution in [0.1, 0.15) is 35.8 Å². The minimum absolute atomic E-state index is 0.0339. The Kier molecular flexibility index (Phi) is 4.88. The zero-order valence-corrected chi connectivity index (χ0v) is 12.0. The van der Waals surface area contributed by atoms with Crippen LogP contribution in [-0.4, -0.2) is 17.4 Å². The van der Waals surface area contributed by atoms with Gasteiger partial charge in [-0.2, -0.15) is 0 Å². The maximum absolute atomic E-state index is 12.7. The highest BCUT2D eigenvalue weighted by Gasteiger charge is 2.19. The van der Waals surface area contributed by atoms with Gasteiger partial charge in [-0.1, -0.05) is 37.6 Å². The molecule has 0 aliphatic heterocycles. The molecule has 0 fully saturated rings. The van der Waals surface area contributed by atoms with Crippen molar-refractivity contribution in [1.82, 2.24) is 4.98 Å². The van der Waals surface area contributed by atoms with Crippen LogP contribution in [0.5, 0.6) is 0 Å². The molecule has 104 valence electrons. The molecule has 2 rings (SSSR count). The van der Waals surface area contributed by atoms with Crippen LogP contribution >= 0.6 is 0 Å². The molecule has 0 N–H and O–H groups in total. The van der Waals surface area contributed by atoms with Gasteiger partial charge in [-0.15, -0.1) is 0 Å². The summed E-state index contributed by atoms with van der Waals surface area (Å²) < 4.78 is 0. The Hall–Kier alpha value is -2.16. The number of rotatable bonds is 5. The average Bonchev–Trinajstić information content (AvgIpc) is 2.50. The summed E-state index contributed by atoms with van der Waals surface area (Å²) in [5, 5.41) is 0. The molecule has 1 heterocycles. The van der Waals surface area contributed by atoms with Gasteiger partial charge in [-0.05, 0) is 37.1 Å². The number of carbonyl (C=O) groups excluding carboxylic acids is 1. The lowest BCUT2D eigenvalue weighted by molar-refractivity contribution is 0.0981. The number of para-hydroxylation sites is 1. The summed E-state index contributed by atoms with van der Waals surface area (Å²) in [5.74, 6) is -0.0339. The fraction of sp³-hybridized carbons (Fsp3) is 0.294. The SMILES string of the molecule is CCCCN(C(=O)c1ccccn1)c1ccccc1C. The van der Waals surface area contributed by atoms with E-state index in [1.807, 2.05) is 48.2 Å². The predicted octanol–water partition coefficient (Wildman–Crippen LogP) is 3.84. The van der Waals surface area contributed by atoms with E-state index in [4.69, 9.17) is 0 Å². The summed E-state index contributed by atoms with van der Waals surface area (Å²) in [6, 6.07) is 13.4. The van der Waals surface area contributed by atoms with Crippen LogP contribution < -0.4 is 4.90 Å². The zero-order valence-electron chi connectivity index (χ0n) is 12.0. The third-order valence-electron chi connectivity index (χ3n) is 3.27. The molecule has 1 aromatic carbocycles. The number of benzene rings is 1. The van der Waals surface area contributed by atoms with Gasteiger partial charge in [0.15, 0.2) is 0 Å². The lowest BCUT2D eigenvalue weighted by Crippen LogP contribution is -2.33. The van der Waals surface area contributed by atoms with Crippen molar-refractivity contribution in [2.45, 2.75) is 26.7 Å². The fourth-order valence-corrected chi connectivity index (χ4v) is 2.14. The normalized spacial score (nSPS) is 10.3. The van der Waals surface area contributed by atoms with Crippen LogP contribution in [0, 0.1) is 6.92 Å². The monoisotopic (exact) mass is 268 g/mol. The number of hydrogen-bond donors (Lipinski definition) is 0. The Balaban J connectivity index is 2.33. The van der Waals surface area contributed by atoms with Crippen molar-refractivity contribution in [3.05, 3.63) is 59.9 Å². The molecule has 0 aliphatic rings. The molecule has 1 aromatic heterocycles. The van der Waals surface area contributed by atoms with Gasteiger partial charge >= 0.3 is 0 Å². The molecule has 20 heavy (non-hydrogen) atoms. The second kappa shape index (κ2) is 6.85. The highest BCUT2D eigenvalue weighted by atomic mass is 16.2. The number of amides is 1. The number of aryl methyl sites for hydroxylation is 1. The van der Waals surface area contributed by atoms with Crippen molar-refractivity contribution < 1.29 is 4.79 Å². The molecule has 0 atom stereocenters. The third kappa shape index (κ3) is 3.23.